The number of hydrogen-bond donors (Lipinski definition) is 1. The molecule has 114 valence electrons. The second-order valence-electron chi connectivity index (χ2n) is 6.25. The van der Waals surface area contributed by atoms with Gasteiger partial charge in [0.25, 0.3) is 0 Å². The number of hydrogen-bond acceptors (Lipinski definition) is 1. The van der Waals surface area contributed by atoms with Crippen molar-refractivity contribution in [1.29, 1.82) is 0 Å². The van der Waals surface area contributed by atoms with Crippen LogP contribution in [0.15, 0.2) is 48.5 Å². The minimum absolute atomic E-state index is 0.0217. The summed E-state index contributed by atoms with van der Waals surface area (Å²) in [6, 6.07) is 16.7. The van der Waals surface area contributed by atoms with Gasteiger partial charge in [0.15, 0.2) is 0 Å². The quantitative estimate of drug-likeness (QED) is 0.870. The maximum absolute atomic E-state index is 12.3. The van der Waals surface area contributed by atoms with Crippen LogP contribution in [-0.2, 0) is 24.1 Å². The summed E-state index contributed by atoms with van der Waals surface area (Å²) in [5.41, 5.74) is 5.07. The van der Waals surface area contributed by atoms with Gasteiger partial charge in [-0.2, -0.15) is 0 Å². The van der Waals surface area contributed by atoms with Crippen LogP contribution in [-0.4, -0.2) is 5.91 Å². The molecule has 1 N–H and O–H groups in total. The van der Waals surface area contributed by atoms with Crippen molar-refractivity contribution < 1.29 is 4.79 Å². The van der Waals surface area contributed by atoms with Crippen LogP contribution in [0.3, 0.4) is 0 Å². The van der Waals surface area contributed by atoms with Gasteiger partial charge in [-0.25, -0.2) is 0 Å². The van der Waals surface area contributed by atoms with E-state index in [0.29, 0.717) is 0 Å². The molecule has 2 aromatic rings. The zero-order valence-electron chi connectivity index (χ0n) is 13.1. The maximum Gasteiger partial charge on any atom is 0.227 e. The van der Waals surface area contributed by atoms with E-state index in [1.165, 1.54) is 29.5 Å². The smallest absolute Gasteiger partial charge is 0.227 e. The molecule has 0 radical (unpaired) electrons. The first kappa shape index (κ1) is 14.8. The van der Waals surface area contributed by atoms with Crippen LogP contribution in [0.5, 0.6) is 0 Å². The lowest BCUT2D eigenvalue weighted by Crippen LogP contribution is -2.21. The number of carbonyl (C=O) groups excluding carboxylic acids is 1. The van der Waals surface area contributed by atoms with Gasteiger partial charge >= 0.3 is 0 Å². The van der Waals surface area contributed by atoms with Crippen molar-refractivity contribution in [3.8, 4) is 0 Å². The molecule has 2 nitrogen and oxygen atoms in total. The Hall–Kier alpha value is -2.09. The highest BCUT2D eigenvalue weighted by molar-refractivity contribution is 5.92. The highest BCUT2D eigenvalue weighted by Crippen LogP contribution is 2.25. The number of amides is 1. The Balaban J connectivity index is 1.55. The number of benzene rings is 2. The lowest BCUT2D eigenvalue weighted by atomic mass is 10.00. The van der Waals surface area contributed by atoms with Crippen LogP contribution in [0.4, 0.5) is 5.69 Å². The van der Waals surface area contributed by atoms with E-state index in [0.717, 1.165) is 24.9 Å². The predicted octanol–water partition coefficient (Wildman–Crippen LogP) is 4.38. The van der Waals surface area contributed by atoms with Crippen LogP contribution in [0.2, 0.25) is 0 Å². The molecule has 22 heavy (non-hydrogen) atoms. The molecule has 1 aliphatic rings. The minimum Gasteiger partial charge on any atom is -0.326 e. The third-order valence-electron chi connectivity index (χ3n) is 4.52. The molecular formula is C20H23NO. The standard InChI is InChI=1S/C20H23NO/c1-15(10-11-16-6-3-2-4-7-16)20(22)21-19-13-12-17-8-5-9-18(17)14-19/h2-4,6-7,12-15H,5,8-11H2,1H3,(H,21,22)/t15-/m1/s1. The number of anilines is 1. The summed E-state index contributed by atoms with van der Waals surface area (Å²) in [4.78, 5) is 12.3. The molecule has 1 aliphatic carbocycles. The van der Waals surface area contributed by atoms with Crippen molar-refractivity contribution in [2.75, 3.05) is 5.32 Å². The van der Waals surface area contributed by atoms with E-state index >= 15 is 0 Å². The number of fused-ring (bicyclic) bond motifs is 1. The van der Waals surface area contributed by atoms with Crippen molar-refractivity contribution >= 4 is 11.6 Å². The van der Waals surface area contributed by atoms with Gasteiger partial charge in [0.05, 0.1) is 0 Å². The van der Waals surface area contributed by atoms with Gasteiger partial charge < -0.3 is 5.32 Å². The largest absolute Gasteiger partial charge is 0.326 e. The lowest BCUT2D eigenvalue weighted by molar-refractivity contribution is -0.119. The number of aryl methyl sites for hydroxylation is 3. The van der Waals surface area contributed by atoms with Crippen LogP contribution in [0.25, 0.3) is 0 Å². The van der Waals surface area contributed by atoms with Gasteiger partial charge in [0.2, 0.25) is 5.91 Å². The van der Waals surface area contributed by atoms with E-state index in [4.69, 9.17) is 0 Å². The molecule has 0 aromatic heterocycles. The van der Waals surface area contributed by atoms with Gasteiger partial charge in [-0.1, -0.05) is 43.3 Å². The van der Waals surface area contributed by atoms with Gasteiger partial charge in [0.1, 0.15) is 0 Å². The van der Waals surface area contributed by atoms with Crippen molar-refractivity contribution in [2.24, 2.45) is 5.92 Å². The third kappa shape index (κ3) is 3.56. The van der Waals surface area contributed by atoms with Crippen molar-refractivity contribution in [2.45, 2.75) is 39.0 Å². The highest BCUT2D eigenvalue weighted by Gasteiger charge is 2.15. The number of carbonyl (C=O) groups is 1. The molecule has 0 heterocycles. The average Bonchev–Trinajstić information content (AvgIpc) is 3.01. The van der Waals surface area contributed by atoms with Gasteiger partial charge in [0, 0.05) is 11.6 Å². The molecule has 0 spiro atoms. The fourth-order valence-electron chi connectivity index (χ4n) is 3.07. The zero-order valence-corrected chi connectivity index (χ0v) is 13.1. The second kappa shape index (κ2) is 6.78. The molecule has 2 heteroatoms. The van der Waals surface area contributed by atoms with Gasteiger partial charge in [-0.3, -0.25) is 4.79 Å². The molecule has 0 bridgehead atoms. The summed E-state index contributed by atoms with van der Waals surface area (Å²) in [6.45, 7) is 2.01. The van der Waals surface area contributed by atoms with Crippen LogP contribution in [0.1, 0.15) is 36.5 Å². The highest BCUT2D eigenvalue weighted by atomic mass is 16.1. The van der Waals surface area contributed by atoms with Crippen LogP contribution < -0.4 is 5.32 Å². The maximum atomic E-state index is 12.3. The van der Waals surface area contributed by atoms with Gasteiger partial charge in [-0.15, -0.1) is 0 Å². The van der Waals surface area contributed by atoms with E-state index < -0.39 is 0 Å². The molecule has 0 unspecified atom stereocenters. The van der Waals surface area contributed by atoms with E-state index in [1.54, 1.807) is 0 Å². The molecule has 0 fully saturated rings. The first-order chi connectivity index (χ1) is 10.7. The monoisotopic (exact) mass is 293 g/mol. The SMILES string of the molecule is C[C@H](CCc1ccccc1)C(=O)Nc1ccc2c(c1)CCC2. The van der Waals surface area contributed by atoms with E-state index in [9.17, 15) is 4.79 Å². The zero-order chi connectivity index (χ0) is 15.4. The van der Waals surface area contributed by atoms with Crippen molar-refractivity contribution in [3.63, 3.8) is 0 Å². The first-order valence-corrected chi connectivity index (χ1v) is 8.19. The van der Waals surface area contributed by atoms with E-state index in [1.807, 2.05) is 31.2 Å². The Kier molecular flexibility index (Phi) is 4.57. The molecule has 3 rings (SSSR count). The summed E-state index contributed by atoms with van der Waals surface area (Å²) < 4.78 is 0. The van der Waals surface area contributed by atoms with Crippen LogP contribution >= 0.6 is 0 Å². The summed E-state index contributed by atoms with van der Waals surface area (Å²) in [5.74, 6) is 0.141. The molecule has 0 saturated heterocycles. The fraction of sp³-hybridized carbons (Fsp3) is 0.350. The fourth-order valence-corrected chi connectivity index (χ4v) is 3.07. The summed E-state index contributed by atoms with van der Waals surface area (Å²) in [5, 5.41) is 3.07. The van der Waals surface area contributed by atoms with E-state index in [-0.39, 0.29) is 11.8 Å². The predicted molar refractivity (Wildman–Crippen MR) is 91.0 cm³/mol. The van der Waals surface area contributed by atoms with Crippen LogP contribution in [0, 0.1) is 5.92 Å². The van der Waals surface area contributed by atoms with Gasteiger partial charge in [-0.05, 0) is 60.9 Å². The minimum atomic E-state index is 0.0217. The Bertz CT molecular complexity index is 648. The molecule has 0 aliphatic heterocycles. The Labute approximate surface area is 132 Å². The normalized spacial score (nSPS) is 14.4. The molecular weight excluding hydrogens is 270 g/mol. The van der Waals surface area contributed by atoms with Crippen molar-refractivity contribution in [3.05, 3.63) is 65.2 Å². The third-order valence-corrected chi connectivity index (χ3v) is 4.52. The first-order valence-electron chi connectivity index (χ1n) is 8.19. The molecule has 1 atom stereocenters. The molecule has 2 aromatic carbocycles. The molecule has 1 amide bonds. The second-order valence-corrected chi connectivity index (χ2v) is 6.25. The van der Waals surface area contributed by atoms with Crippen molar-refractivity contribution in [1.82, 2.24) is 0 Å². The Morgan fingerprint density at radius 1 is 1.09 bits per heavy atom. The topological polar surface area (TPSA) is 29.1 Å². The Morgan fingerprint density at radius 2 is 1.86 bits per heavy atom. The number of nitrogens with one attached hydrogen (secondary N) is 1. The summed E-state index contributed by atoms with van der Waals surface area (Å²) in [6.07, 6.45) is 5.38. The molecule has 0 saturated carbocycles. The number of rotatable bonds is 5. The lowest BCUT2D eigenvalue weighted by Gasteiger charge is -2.13. The average molecular weight is 293 g/mol. The van der Waals surface area contributed by atoms with E-state index in [2.05, 4.69) is 29.6 Å². The summed E-state index contributed by atoms with van der Waals surface area (Å²) >= 11 is 0. The Morgan fingerprint density at radius 3 is 2.68 bits per heavy atom. The summed E-state index contributed by atoms with van der Waals surface area (Å²) in [7, 11) is 0.